The van der Waals surface area contributed by atoms with Gasteiger partial charge in [0.25, 0.3) is 0 Å². The maximum Gasteiger partial charge on any atom is 0.229 e. The number of anilines is 2. The fraction of sp³-hybridized carbons (Fsp3) is 0.500. The maximum absolute atomic E-state index is 14.3. The van der Waals surface area contributed by atoms with Gasteiger partial charge in [0.2, 0.25) is 11.9 Å². The predicted octanol–water partition coefficient (Wildman–Crippen LogP) is 4.63. The van der Waals surface area contributed by atoms with Crippen LogP contribution in [-0.2, 0) is 11.2 Å². The number of nitrogen functional groups attached to an aromatic ring is 1. The summed E-state index contributed by atoms with van der Waals surface area (Å²) in [5, 5.41) is 1.98. The van der Waals surface area contributed by atoms with Crippen molar-refractivity contribution < 1.29 is 9.53 Å². The number of piperidine rings is 1. The summed E-state index contributed by atoms with van der Waals surface area (Å²) in [5.74, 6) is 2.75. The lowest BCUT2D eigenvalue weighted by Crippen LogP contribution is -2.53. The van der Waals surface area contributed by atoms with Crippen molar-refractivity contribution in [3.8, 4) is 5.75 Å². The highest BCUT2D eigenvalue weighted by atomic mass is 31.1. The molecule has 5 rings (SSSR count). The van der Waals surface area contributed by atoms with Gasteiger partial charge in [0.05, 0.1) is 18.0 Å². The van der Waals surface area contributed by atoms with Crippen molar-refractivity contribution in [2.24, 2.45) is 11.3 Å². The monoisotopic (exact) mass is 533 g/mol. The Morgan fingerprint density at radius 3 is 2.55 bits per heavy atom. The topological polar surface area (TPSA) is 84.6 Å². The number of hydrogen-bond acceptors (Lipinski definition) is 6. The van der Waals surface area contributed by atoms with E-state index < -0.39 is 5.41 Å². The molecule has 0 saturated carbocycles. The minimum Gasteiger partial charge on any atom is -0.496 e. The van der Waals surface area contributed by atoms with Crippen LogP contribution in [0.4, 0.5) is 11.8 Å². The number of methoxy groups -OCH3 is 1. The van der Waals surface area contributed by atoms with Gasteiger partial charge in [-0.3, -0.25) is 4.79 Å². The normalized spacial score (nSPS) is 19.7. The van der Waals surface area contributed by atoms with E-state index in [0.29, 0.717) is 38.2 Å². The molecule has 38 heavy (non-hydrogen) atoms. The molecule has 1 amide bonds. The molecule has 2 atom stereocenters. The Morgan fingerprint density at radius 1 is 1.16 bits per heavy atom. The van der Waals surface area contributed by atoms with Crippen LogP contribution in [0.1, 0.15) is 45.1 Å². The van der Waals surface area contributed by atoms with Gasteiger partial charge in [-0.05, 0) is 56.3 Å². The smallest absolute Gasteiger partial charge is 0.229 e. The van der Waals surface area contributed by atoms with E-state index in [9.17, 15) is 4.79 Å². The SMILES string of the molecule is COc1cc2nc(N3CCC(Cc4ccccc4)(C(=O)N4CCCC4C(C)C)CC3)nc(N)c2cc1PC. The molecule has 2 aliphatic rings. The minimum atomic E-state index is -0.419. The Labute approximate surface area is 227 Å². The van der Waals surface area contributed by atoms with Crippen molar-refractivity contribution in [1.82, 2.24) is 14.9 Å². The van der Waals surface area contributed by atoms with Crippen LogP contribution in [0.2, 0.25) is 0 Å². The first-order chi connectivity index (χ1) is 18.3. The van der Waals surface area contributed by atoms with Crippen molar-refractivity contribution in [1.29, 1.82) is 0 Å². The molecule has 7 nitrogen and oxygen atoms in total. The number of fused-ring (bicyclic) bond motifs is 1. The van der Waals surface area contributed by atoms with Crippen molar-refractivity contribution >= 4 is 42.5 Å². The summed E-state index contributed by atoms with van der Waals surface area (Å²) in [6, 6.07) is 14.8. The van der Waals surface area contributed by atoms with E-state index >= 15 is 0 Å². The molecule has 0 spiro atoms. The number of carbonyl (C=O) groups is 1. The van der Waals surface area contributed by atoms with Crippen LogP contribution in [-0.4, -0.2) is 60.2 Å². The number of aromatic nitrogens is 2. The second kappa shape index (κ2) is 11.1. The zero-order valence-corrected chi connectivity index (χ0v) is 24.0. The van der Waals surface area contributed by atoms with Crippen molar-refractivity contribution in [3.63, 3.8) is 0 Å². The standard InChI is InChI=1S/C30H40N5O2P/c1-20(2)24-11-8-14-35(24)28(36)30(19-21-9-6-5-7-10-21)12-15-34(16-13-30)29-32-23-18-25(37-3)26(38-4)17-22(23)27(31)33-29/h5-7,9-10,17-18,20,24,38H,8,11-16,19H2,1-4H3,(H2,31,32,33). The number of likely N-dealkylation sites (tertiary alicyclic amines) is 1. The fourth-order valence-corrected chi connectivity index (χ4v) is 7.01. The number of amides is 1. The van der Waals surface area contributed by atoms with Gasteiger partial charge >= 0.3 is 0 Å². The molecule has 2 saturated heterocycles. The zero-order valence-electron chi connectivity index (χ0n) is 23.0. The summed E-state index contributed by atoms with van der Waals surface area (Å²) in [7, 11) is 2.28. The van der Waals surface area contributed by atoms with E-state index in [4.69, 9.17) is 20.4 Å². The Kier molecular flexibility index (Phi) is 7.76. The summed E-state index contributed by atoms with van der Waals surface area (Å²) in [6.45, 7) is 8.91. The number of nitrogens with two attached hydrogens (primary N) is 1. The molecule has 8 heteroatoms. The molecule has 2 fully saturated rings. The molecule has 2 N–H and O–H groups in total. The fourth-order valence-electron chi connectivity index (χ4n) is 6.30. The molecular weight excluding hydrogens is 493 g/mol. The zero-order chi connectivity index (χ0) is 26.9. The summed E-state index contributed by atoms with van der Waals surface area (Å²) < 4.78 is 5.60. The third-order valence-corrected chi connectivity index (χ3v) is 9.41. The average molecular weight is 534 g/mol. The summed E-state index contributed by atoms with van der Waals surface area (Å²) in [4.78, 5) is 28.3. The number of carbonyl (C=O) groups excluding carboxylic acids is 1. The number of hydrogen-bond donors (Lipinski definition) is 1. The molecular formula is C30H40N5O2P. The molecule has 0 radical (unpaired) electrons. The quantitative estimate of drug-likeness (QED) is 0.446. The van der Waals surface area contributed by atoms with Gasteiger partial charge < -0.3 is 20.3 Å². The third-order valence-electron chi connectivity index (χ3n) is 8.48. The molecule has 3 aromatic rings. The second-order valence-electron chi connectivity index (χ2n) is 11.1. The van der Waals surface area contributed by atoms with E-state index in [0.717, 1.165) is 73.7 Å². The summed E-state index contributed by atoms with van der Waals surface area (Å²) >= 11 is 0. The average Bonchev–Trinajstić information content (AvgIpc) is 3.43. The van der Waals surface area contributed by atoms with Gasteiger partial charge in [0, 0.05) is 42.4 Å². The molecule has 0 bridgehead atoms. The van der Waals surface area contributed by atoms with Crippen molar-refractivity contribution in [2.75, 3.05) is 44.0 Å². The van der Waals surface area contributed by atoms with Crippen molar-refractivity contribution in [2.45, 2.75) is 52.0 Å². The van der Waals surface area contributed by atoms with E-state index in [-0.39, 0.29) is 0 Å². The Morgan fingerprint density at radius 2 is 1.89 bits per heavy atom. The van der Waals surface area contributed by atoms with Crippen LogP contribution in [0.15, 0.2) is 42.5 Å². The van der Waals surface area contributed by atoms with Crippen molar-refractivity contribution in [3.05, 3.63) is 48.0 Å². The van der Waals surface area contributed by atoms with Gasteiger partial charge in [0.1, 0.15) is 11.6 Å². The van der Waals surface area contributed by atoms with Gasteiger partial charge in [0.15, 0.2) is 0 Å². The highest BCUT2D eigenvalue weighted by Gasteiger charge is 2.46. The molecule has 202 valence electrons. The Bertz CT molecular complexity index is 1290. The highest BCUT2D eigenvalue weighted by molar-refractivity contribution is 7.46. The first kappa shape index (κ1) is 26.7. The molecule has 2 aromatic carbocycles. The predicted molar refractivity (Wildman–Crippen MR) is 158 cm³/mol. The van der Waals surface area contributed by atoms with Gasteiger partial charge in [-0.1, -0.05) is 52.8 Å². The lowest BCUT2D eigenvalue weighted by Gasteiger charge is -2.44. The number of ether oxygens (including phenoxy) is 1. The highest BCUT2D eigenvalue weighted by Crippen LogP contribution is 2.41. The van der Waals surface area contributed by atoms with Crippen LogP contribution < -0.4 is 20.7 Å². The van der Waals surface area contributed by atoms with Crippen LogP contribution in [0.3, 0.4) is 0 Å². The van der Waals surface area contributed by atoms with Crippen LogP contribution >= 0.6 is 8.58 Å². The van der Waals surface area contributed by atoms with E-state index in [1.807, 2.05) is 18.2 Å². The second-order valence-corrected chi connectivity index (χ2v) is 12.1. The van der Waals surface area contributed by atoms with Crippen LogP contribution in [0, 0.1) is 11.3 Å². The van der Waals surface area contributed by atoms with E-state index in [2.05, 4.69) is 54.6 Å². The minimum absolute atomic E-state index is 0.328. The number of rotatable bonds is 7. The van der Waals surface area contributed by atoms with Gasteiger partial charge in [-0.2, -0.15) is 4.98 Å². The molecule has 0 aliphatic carbocycles. The molecule has 2 unspecified atom stereocenters. The summed E-state index contributed by atoms with van der Waals surface area (Å²) in [6.07, 6.45) is 4.49. The lowest BCUT2D eigenvalue weighted by molar-refractivity contribution is -0.145. The maximum atomic E-state index is 14.3. The molecule has 3 heterocycles. The third kappa shape index (κ3) is 5.05. The molecule has 2 aliphatic heterocycles. The number of benzene rings is 2. The Hall–Kier alpha value is -2.92. The van der Waals surface area contributed by atoms with Crippen LogP contribution in [0.5, 0.6) is 5.75 Å². The molecule has 1 aromatic heterocycles. The lowest BCUT2D eigenvalue weighted by atomic mass is 9.72. The van der Waals surface area contributed by atoms with Crippen LogP contribution in [0.25, 0.3) is 10.9 Å². The number of nitrogens with zero attached hydrogens (tertiary/aromatic N) is 4. The summed E-state index contributed by atoms with van der Waals surface area (Å²) in [5.41, 5.74) is 8.03. The van der Waals surface area contributed by atoms with Gasteiger partial charge in [-0.15, -0.1) is 0 Å². The largest absolute Gasteiger partial charge is 0.496 e. The van der Waals surface area contributed by atoms with Gasteiger partial charge in [-0.25, -0.2) is 4.98 Å². The van der Waals surface area contributed by atoms with E-state index in [1.54, 1.807) is 7.11 Å². The first-order valence-electron chi connectivity index (χ1n) is 13.8. The first-order valence-corrected chi connectivity index (χ1v) is 15.3. The Balaban J connectivity index is 1.43. The van der Waals surface area contributed by atoms with E-state index in [1.165, 1.54) is 5.56 Å².